The van der Waals surface area contributed by atoms with Crippen LogP contribution in [0.2, 0.25) is 10.0 Å². The zero-order valence-electron chi connectivity index (χ0n) is 9.47. The molecule has 94 valence electrons. The summed E-state index contributed by atoms with van der Waals surface area (Å²) in [4.78, 5) is 0. The summed E-state index contributed by atoms with van der Waals surface area (Å²) in [5.74, 6) is -0.570. The Balaban J connectivity index is 2.08. The van der Waals surface area contributed by atoms with E-state index < -0.39 is 5.82 Å². The summed E-state index contributed by atoms with van der Waals surface area (Å²) in [6.45, 7) is 2.78. The van der Waals surface area contributed by atoms with Gasteiger partial charge in [-0.1, -0.05) is 23.2 Å². The summed E-state index contributed by atoms with van der Waals surface area (Å²) < 4.78 is 18.7. The average Bonchev–Trinajstić information content (AvgIpc) is 2.26. The van der Waals surface area contributed by atoms with Crippen molar-refractivity contribution in [2.45, 2.75) is 31.9 Å². The Morgan fingerprint density at radius 2 is 2.00 bits per heavy atom. The van der Waals surface area contributed by atoms with Crippen LogP contribution >= 0.6 is 23.2 Å². The number of nitrogens with one attached hydrogen (secondary N) is 1. The molecule has 1 aromatic rings. The topological polar surface area (TPSA) is 21.3 Å². The normalized spacial score (nSPS) is 24.7. The summed E-state index contributed by atoms with van der Waals surface area (Å²) in [7, 11) is 0. The highest BCUT2D eigenvalue weighted by Crippen LogP contribution is 2.28. The number of halogens is 3. The largest absolute Gasteiger partial charge is 0.382 e. The number of hydrogen-bond acceptors (Lipinski definition) is 2. The van der Waals surface area contributed by atoms with Crippen molar-refractivity contribution in [1.29, 1.82) is 0 Å². The van der Waals surface area contributed by atoms with Crippen LogP contribution in [0.1, 0.15) is 19.8 Å². The molecule has 0 spiro atoms. The summed E-state index contributed by atoms with van der Waals surface area (Å²) in [5, 5.41) is 3.39. The van der Waals surface area contributed by atoms with Crippen LogP contribution in [0.4, 0.5) is 10.1 Å². The molecule has 0 aromatic heterocycles. The first-order chi connectivity index (χ1) is 8.06. The van der Waals surface area contributed by atoms with E-state index in [0.717, 1.165) is 25.1 Å². The highest BCUT2D eigenvalue weighted by atomic mass is 35.5. The van der Waals surface area contributed by atoms with Crippen molar-refractivity contribution in [1.82, 2.24) is 0 Å². The second kappa shape index (κ2) is 5.42. The Hall–Kier alpha value is -0.510. The third-order valence-electron chi connectivity index (χ3n) is 2.84. The van der Waals surface area contributed by atoms with Crippen LogP contribution in [0, 0.1) is 5.82 Å². The fourth-order valence-electron chi connectivity index (χ4n) is 2.00. The van der Waals surface area contributed by atoms with Crippen molar-refractivity contribution in [2.24, 2.45) is 0 Å². The third kappa shape index (κ3) is 3.24. The minimum absolute atomic E-state index is 0.0418. The van der Waals surface area contributed by atoms with Crippen molar-refractivity contribution in [2.75, 3.05) is 11.9 Å². The minimum Gasteiger partial charge on any atom is -0.382 e. The molecule has 1 aliphatic heterocycles. The van der Waals surface area contributed by atoms with Gasteiger partial charge in [-0.3, -0.25) is 0 Å². The molecule has 2 nitrogen and oxygen atoms in total. The Morgan fingerprint density at radius 3 is 2.59 bits per heavy atom. The Kier molecular flexibility index (Phi) is 4.13. The summed E-state index contributed by atoms with van der Waals surface area (Å²) >= 11 is 11.5. The summed E-state index contributed by atoms with van der Waals surface area (Å²) in [5.41, 5.74) is 0.750. The van der Waals surface area contributed by atoms with Gasteiger partial charge in [-0.2, -0.15) is 0 Å². The number of anilines is 1. The molecule has 2 unspecified atom stereocenters. The lowest BCUT2D eigenvalue weighted by Crippen LogP contribution is -2.32. The molecule has 1 heterocycles. The van der Waals surface area contributed by atoms with Gasteiger partial charge in [0.15, 0.2) is 5.82 Å². The summed E-state index contributed by atoms with van der Waals surface area (Å²) in [6, 6.07) is 3.43. The zero-order chi connectivity index (χ0) is 12.4. The Morgan fingerprint density at radius 1 is 1.35 bits per heavy atom. The number of ether oxygens (including phenoxy) is 1. The average molecular weight is 278 g/mol. The highest BCUT2D eigenvalue weighted by Gasteiger charge is 2.19. The highest BCUT2D eigenvalue weighted by molar-refractivity contribution is 6.35. The van der Waals surface area contributed by atoms with Crippen LogP contribution in [-0.2, 0) is 4.74 Å². The molecule has 0 bridgehead atoms. The van der Waals surface area contributed by atoms with Crippen molar-refractivity contribution >= 4 is 28.9 Å². The van der Waals surface area contributed by atoms with Crippen LogP contribution in [0.3, 0.4) is 0 Å². The van der Waals surface area contributed by atoms with Crippen LogP contribution < -0.4 is 5.32 Å². The third-order valence-corrected chi connectivity index (χ3v) is 3.39. The predicted octanol–water partition coefficient (Wildman–Crippen LogP) is 4.11. The van der Waals surface area contributed by atoms with E-state index >= 15 is 0 Å². The molecule has 17 heavy (non-hydrogen) atoms. The van der Waals surface area contributed by atoms with Gasteiger partial charge in [0.1, 0.15) is 0 Å². The molecule has 2 rings (SSSR count). The van der Waals surface area contributed by atoms with Gasteiger partial charge in [0.05, 0.1) is 16.1 Å². The SMILES string of the molecule is CC1CC(Nc2cc(Cl)c(F)c(Cl)c2)CCO1. The molecule has 5 heteroatoms. The maximum atomic E-state index is 13.2. The smallest absolute Gasteiger partial charge is 0.160 e. The molecule has 0 amide bonds. The zero-order valence-corrected chi connectivity index (χ0v) is 11.0. The molecule has 1 saturated heterocycles. The first kappa shape index (κ1) is 12.9. The van der Waals surface area contributed by atoms with Crippen molar-refractivity contribution in [3.8, 4) is 0 Å². The molecule has 0 radical (unpaired) electrons. The molecule has 0 aliphatic carbocycles. The van der Waals surface area contributed by atoms with E-state index in [1.807, 2.05) is 6.92 Å². The van der Waals surface area contributed by atoms with E-state index in [1.54, 1.807) is 12.1 Å². The van der Waals surface area contributed by atoms with Crippen molar-refractivity contribution in [3.05, 3.63) is 28.0 Å². The van der Waals surface area contributed by atoms with Gasteiger partial charge >= 0.3 is 0 Å². The molecular weight excluding hydrogens is 264 g/mol. The Bertz CT molecular complexity index is 390. The van der Waals surface area contributed by atoms with Crippen LogP contribution in [0.5, 0.6) is 0 Å². The van der Waals surface area contributed by atoms with Gasteiger partial charge < -0.3 is 10.1 Å². The van der Waals surface area contributed by atoms with Gasteiger partial charge in [-0.05, 0) is 31.9 Å². The fraction of sp³-hybridized carbons (Fsp3) is 0.500. The van der Waals surface area contributed by atoms with Crippen LogP contribution in [0.15, 0.2) is 12.1 Å². The number of hydrogen-bond donors (Lipinski definition) is 1. The maximum absolute atomic E-state index is 13.2. The van der Waals surface area contributed by atoms with E-state index in [2.05, 4.69) is 5.32 Å². The molecule has 2 atom stereocenters. The van der Waals surface area contributed by atoms with E-state index in [-0.39, 0.29) is 16.1 Å². The predicted molar refractivity (Wildman–Crippen MR) is 68.5 cm³/mol. The van der Waals surface area contributed by atoms with Gasteiger partial charge in [-0.25, -0.2) is 4.39 Å². The molecule has 0 saturated carbocycles. The Labute approximate surface area is 110 Å². The second-order valence-electron chi connectivity index (χ2n) is 4.30. The first-order valence-electron chi connectivity index (χ1n) is 5.59. The van der Waals surface area contributed by atoms with Gasteiger partial charge in [0.2, 0.25) is 0 Å². The maximum Gasteiger partial charge on any atom is 0.160 e. The number of benzene rings is 1. The van der Waals surface area contributed by atoms with E-state index in [1.165, 1.54) is 0 Å². The standard InChI is InChI=1S/C12H14Cl2FNO/c1-7-4-8(2-3-17-7)16-9-5-10(13)12(15)11(14)6-9/h5-8,16H,2-4H2,1H3. The first-order valence-corrected chi connectivity index (χ1v) is 6.34. The molecule has 1 aliphatic rings. The van der Waals surface area contributed by atoms with Gasteiger partial charge in [-0.15, -0.1) is 0 Å². The molecular formula is C12H14Cl2FNO. The fourth-order valence-corrected chi connectivity index (χ4v) is 2.49. The molecule has 1 N–H and O–H groups in total. The lowest BCUT2D eigenvalue weighted by molar-refractivity contribution is 0.0232. The number of rotatable bonds is 2. The monoisotopic (exact) mass is 277 g/mol. The summed E-state index contributed by atoms with van der Waals surface area (Å²) in [6.07, 6.45) is 2.09. The van der Waals surface area contributed by atoms with Crippen LogP contribution in [0.25, 0.3) is 0 Å². The molecule has 1 aromatic carbocycles. The van der Waals surface area contributed by atoms with E-state index in [4.69, 9.17) is 27.9 Å². The van der Waals surface area contributed by atoms with Crippen LogP contribution in [-0.4, -0.2) is 18.8 Å². The van der Waals surface area contributed by atoms with E-state index in [0.29, 0.717) is 6.04 Å². The van der Waals surface area contributed by atoms with Gasteiger partial charge in [0, 0.05) is 18.3 Å². The van der Waals surface area contributed by atoms with E-state index in [9.17, 15) is 4.39 Å². The quantitative estimate of drug-likeness (QED) is 0.822. The van der Waals surface area contributed by atoms with Crippen molar-refractivity contribution < 1.29 is 9.13 Å². The lowest BCUT2D eigenvalue weighted by Gasteiger charge is -2.28. The van der Waals surface area contributed by atoms with Gasteiger partial charge in [0.25, 0.3) is 0 Å². The lowest BCUT2D eigenvalue weighted by atomic mass is 10.0. The van der Waals surface area contributed by atoms with Crippen molar-refractivity contribution in [3.63, 3.8) is 0 Å². The minimum atomic E-state index is -0.570. The second-order valence-corrected chi connectivity index (χ2v) is 5.12. The molecule has 1 fully saturated rings.